The number of aromatic nitrogens is 4. The topological polar surface area (TPSA) is 248 Å². The molecule has 10 N–H and O–H groups in total. The van der Waals surface area contributed by atoms with Crippen LogP contribution in [-0.4, -0.2) is 96.3 Å². The molecule has 2 aromatic rings. The number of nitrogens with one attached hydrogen (secondary N) is 5. The highest BCUT2D eigenvalue weighted by Gasteiger charge is 2.30. The maximum atomic E-state index is 12.8. The van der Waals surface area contributed by atoms with E-state index in [0.29, 0.717) is 11.4 Å². The number of nitrogens with two attached hydrogens (primary N) is 1. The van der Waals surface area contributed by atoms with Gasteiger partial charge >= 0.3 is 5.97 Å². The zero-order valence-electron chi connectivity index (χ0n) is 17.4. The van der Waals surface area contributed by atoms with Gasteiger partial charge in [0.05, 0.1) is 31.9 Å². The van der Waals surface area contributed by atoms with Crippen LogP contribution in [0, 0.1) is 0 Å². The van der Waals surface area contributed by atoms with Crippen molar-refractivity contribution in [2.45, 2.75) is 37.0 Å². The SMILES string of the molecule is NC(Cc1cnc[nH]1)C(=O)NC(Cc1cnc[nH]1)C(=O)NC(CO)C(=O)NC(CO)C(=O)O. The molecular weight excluding hydrogens is 440 g/mol. The third-order valence-electron chi connectivity index (χ3n) is 4.56. The third kappa shape index (κ3) is 7.67. The molecule has 0 saturated heterocycles. The fourth-order valence-electron chi connectivity index (χ4n) is 2.75. The number of carbonyl (C=O) groups is 4. The average Bonchev–Trinajstić information content (AvgIpc) is 3.48. The minimum Gasteiger partial charge on any atom is -0.480 e. The van der Waals surface area contributed by atoms with Crippen LogP contribution in [0.25, 0.3) is 0 Å². The average molecular weight is 466 g/mol. The molecule has 0 spiro atoms. The molecule has 0 bridgehead atoms. The largest absolute Gasteiger partial charge is 0.480 e. The van der Waals surface area contributed by atoms with E-state index in [2.05, 4.69) is 30.6 Å². The van der Waals surface area contributed by atoms with Crippen LogP contribution in [-0.2, 0) is 32.0 Å². The van der Waals surface area contributed by atoms with Gasteiger partial charge in [-0.3, -0.25) is 14.4 Å². The first kappa shape index (κ1) is 25.4. The van der Waals surface area contributed by atoms with Crippen molar-refractivity contribution in [3.8, 4) is 0 Å². The molecular formula is C18H26N8O7. The number of aliphatic hydroxyl groups is 2. The van der Waals surface area contributed by atoms with Crippen molar-refractivity contribution < 1.29 is 34.5 Å². The van der Waals surface area contributed by atoms with Crippen LogP contribution in [0.5, 0.6) is 0 Å². The number of aliphatic carboxylic acids is 1. The van der Waals surface area contributed by atoms with Crippen molar-refractivity contribution in [2.75, 3.05) is 13.2 Å². The van der Waals surface area contributed by atoms with Crippen molar-refractivity contribution in [3.63, 3.8) is 0 Å². The van der Waals surface area contributed by atoms with E-state index in [4.69, 9.17) is 15.9 Å². The Labute approximate surface area is 187 Å². The number of rotatable bonds is 13. The molecule has 0 aromatic carbocycles. The molecule has 180 valence electrons. The molecule has 0 saturated carbocycles. The summed E-state index contributed by atoms with van der Waals surface area (Å²) in [5.74, 6) is -4.02. The summed E-state index contributed by atoms with van der Waals surface area (Å²) >= 11 is 0. The van der Waals surface area contributed by atoms with Gasteiger partial charge < -0.3 is 47.0 Å². The third-order valence-corrected chi connectivity index (χ3v) is 4.56. The number of nitrogens with zero attached hydrogens (tertiary/aromatic N) is 2. The van der Waals surface area contributed by atoms with E-state index in [-0.39, 0.29) is 12.8 Å². The smallest absolute Gasteiger partial charge is 0.328 e. The van der Waals surface area contributed by atoms with Crippen LogP contribution in [0.3, 0.4) is 0 Å². The Kier molecular flexibility index (Phi) is 9.46. The number of amides is 3. The van der Waals surface area contributed by atoms with E-state index in [1.54, 1.807) is 0 Å². The zero-order chi connectivity index (χ0) is 24.4. The van der Waals surface area contributed by atoms with Crippen molar-refractivity contribution in [1.29, 1.82) is 0 Å². The predicted molar refractivity (Wildman–Crippen MR) is 110 cm³/mol. The Balaban J connectivity index is 2.08. The molecule has 3 amide bonds. The molecule has 4 unspecified atom stereocenters. The lowest BCUT2D eigenvalue weighted by Crippen LogP contribution is -2.59. The molecule has 2 heterocycles. The number of carboxylic acid groups (broad SMARTS) is 1. The Morgan fingerprint density at radius 3 is 1.79 bits per heavy atom. The van der Waals surface area contributed by atoms with Crippen molar-refractivity contribution >= 4 is 23.7 Å². The highest BCUT2D eigenvalue weighted by atomic mass is 16.4. The number of aromatic amines is 2. The van der Waals surface area contributed by atoms with Crippen LogP contribution in [0.1, 0.15) is 11.4 Å². The molecule has 2 rings (SSSR count). The molecule has 0 aliphatic rings. The summed E-state index contributed by atoms with van der Waals surface area (Å²) in [6.07, 6.45) is 5.84. The van der Waals surface area contributed by atoms with E-state index >= 15 is 0 Å². The van der Waals surface area contributed by atoms with Gasteiger partial charge in [-0.05, 0) is 0 Å². The van der Waals surface area contributed by atoms with Crippen molar-refractivity contribution in [2.24, 2.45) is 5.73 Å². The van der Waals surface area contributed by atoms with Gasteiger partial charge in [-0.15, -0.1) is 0 Å². The molecule has 15 heteroatoms. The molecule has 15 nitrogen and oxygen atoms in total. The summed E-state index contributed by atoms with van der Waals surface area (Å²) in [4.78, 5) is 61.9. The number of aliphatic hydroxyl groups excluding tert-OH is 2. The summed E-state index contributed by atoms with van der Waals surface area (Å²) < 4.78 is 0. The second-order valence-electron chi connectivity index (χ2n) is 7.06. The summed E-state index contributed by atoms with van der Waals surface area (Å²) in [6.45, 7) is -1.75. The van der Waals surface area contributed by atoms with Gasteiger partial charge in [0.2, 0.25) is 17.7 Å². The second kappa shape index (κ2) is 12.3. The van der Waals surface area contributed by atoms with E-state index in [1.165, 1.54) is 25.0 Å². The van der Waals surface area contributed by atoms with Gasteiger partial charge in [0.1, 0.15) is 18.1 Å². The van der Waals surface area contributed by atoms with Crippen molar-refractivity contribution in [1.82, 2.24) is 35.9 Å². The fraction of sp³-hybridized carbons (Fsp3) is 0.444. The number of carboxylic acids is 1. The molecule has 0 fully saturated rings. The van der Waals surface area contributed by atoms with Crippen LogP contribution in [0.2, 0.25) is 0 Å². The minimum absolute atomic E-state index is 0.0392. The van der Waals surface area contributed by atoms with Gasteiger partial charge in [-0.1, -0.05) is 0 Å². The lowest BCUT2D eigenvalue weighted by atomic mass is 10.1. The van der Waals surface area contributed by atoms with Crippen LogP contribution >= 0.6 is 0 Å². The highest BCUT2D eigenvalue weighted by molar-refractivity contribution is 5.94. The second-order valence-corrected chi connectivity index (χ2v) is 7.06. The summed E-state index contributed by atoms with van der Waals surface area (Å²) in [5, 5.41) is 34.2. The Morgan fingerprint density at radius 1 is 0.818 bits per heavy atom. The highest BCUT2D eigenvalue weighted by Crippen LogP contribution is 2.03. The zero-order valence-corrected chi connectivity index (χ0v) is 17.4. The fourth-order valence-corrected chi connectivity index (χ4v) is 2.75. The quantitative estimate of drug-likeness (QED) is 0.137. The maximum Gasteiger partial charge on any atom is 0.328 e. The lowest BCUT2D eigenvalue weighted by Gasteiger charge is -2.23. The molecule has 33 heavy (non-hydrogen) atoms. The van der Waals surface area contributed by atoms with Gasteiger partial charge in [0, 0.05) is 36.6 Å². The number of carbonyl (C=O) groups excluding carboxylic acids is 3. The molecule has 2 aromatic heterocycles. The summed E-state index contributed by atoms with van der Waals surface area (Å²) in [7, 11) is 0. The van der Waals surface area contributed by atoms with Crippen LogP contribution in [0.4, 0.5) is 0 Å². The maximum absolute atomic E-state index is 12.8. The van der Waals surface area contributed by atoms with Gasteiger partial charge in [-0.2, -0.15) is 0 Å². The van der Waals surface area contributed by atoms with Gasteiger partial charge in [0.25, 0.3) is 0 Å². The number of H-pyrrole nitrogens is 2. The number of imidazole rings is 2. The number of hydrogen-bond acceptors (Lipinski definition) is 9. The molecule has 0 aliphatic heterocycles. The van der Waals surface area contributed by atoms with Crippen LogP contribution in [0.15, 0.2) is 25.0 Å². The molecule has 4 atom stereocenters. The van der Waals surface area contributed by atoms with E-state index in [0.717, 1.165) is 0 Å². The standard InChI is InChI=1S/C18H26N8O7/c19-11(1-9-3-20-7-22-9)15(29)24-12(2-10-4-21-8-23-10)16(30)25-13(5-27)17(31)26-14(6-28)18(32)33/h3-4,7-8,11-14,27-28H,1-2,5-6,19H2,(H,20,22)(H,21,23)(H,24,29)(H,25,30)(H,26,31)(H,32,33). The first-order valence-electron chi connectivity index (χ1n) is 9.80. The summed E-state index contributed by atoms with van der Waals surface area (Å²) in [5.41, 5.74) is 7.02. The predicted octanol–water partition coefficient (Wildman–Crippen LogP) is -4.23. The lowest BCUT2D eigenvalue weighted by molar-refractivity contribution is -0.143. The van der Waals surface area contributed by atoms with E-state index in [9.17, 15) is 24.3 Å². The van der Waals surface area contributed by atoms with Gasteiger partial charge in [-0.25, -0.2) is 14.8 Å². The monoisotopic (exact) mass is 466 g/mol. The number of hydrogen-bond donors (Lipinski definition) is 9. The van der Waals surface area contributed by atoms with E-state index in [1.807, 2.05) is 5.32 Å². The first-order valence-corrected chi connectivity index (χ1v) is 9.80. The molecule has 0 aliphatic carbocycles. The Hall–Kier alpha value is -3.82. The Bertz CT molecular complexity index is 918. The molecule has 0 radical (unpaired) electrons. The normalized spacial score (nSPS) is 14.5. The minimum atomic E-state index is -1.62. The van der Waals surface area contributed by atoms with Crippen molar-refractivity contribution in [3.05, 3.63) is 36.4 Å². The van der Waals surface area contributed by atoms with Crippen LogP contribution < -0.4 is 21.7 Å². The Morgan fingerprint density at radius 2 is 1.30 bits per heavy atom. The van der Waals surface area contributed by atoms with Gasteiger partial charge in [0.15, 0.2) is 0 Å². The summed E-state index contributed by atoms with van der Waals surface area (Å²) in [6, 6.07) is -5.38. The van der Waals surface area contributed by atoms with E-state index < -0.39 is 61.1 Å². The first-order chi connectivity index (χ1) is 15.7.